The zero-order valence-corrected chi connectivity index (χ0v) is 13.5. The number of pyridine rings is 1. The molecule has 0 saturated heterocycles. The number of hydrogen-bond donors (Lipinski definition) is 0. The first-order valence-electron chi connectivity index (χ1n) is 5.98. The predicted octanol–water partition coefficient (Wildman–Crippen LogP) is 3.72. The van der Waals surface area contributed by atoms with Crippen LogP contribution < -0.4 is 0 Å². The topological polar surface area (TPSA) is 39.2 Å². The van der Waals surface area contributed by atoms with Gasteiger partial charge in [-0.25, -0.2) is 4.98 Å². The number of carbonyl (C=O) groups excluding carboxylic acids is 1. The maximum Gasteiger partial charge on any atom is 0.219 e. The second kappa shape index (κ2) is 5.99. The smallest absolute Gasteiger partial charge is 0.219 e. The molecule has 0 amide bonds. The van der Waals surface area contributed by atoms with Crippen LogP contribution in [0.15, 0.2) is 29.4 Å². The third kappa shape index (κ3) is 4.55. The van der Waals surface area contributed by atoms with Crippen molar-refractivity contribution < 1.29 is 9.22 Å². The number of hydrogen-bond acceptors (Lipinski definition) is 4. The molecule has 0 bridgehead atoms. The summed E-state index contributed by atoms with van der Waals surface area (Å²) in [6, 6.07) is 5.53. The summed E-state index contributed by atoms with van der Waals surface area (Å²) < 4.78 is 5.87. The maximum atomic E-state index is 11.8. The molecule has 1 aromatic heterocycles. The normalized spacial score (nSPS) is 12.5. The Bertz CT molecular complexity index is 401. The molecular weight excluding hydrogens is 262 g/mol. The second-order valence-electron chi connectivity index (χ2n) is 5.69. The molecule has 0 saturated carbocycles. The Morgan fingerprint density at radius 2 is 2.06 bits per heavy atom. The fraction of sp³-hybridized carbons (Fsp3) is 0.538. The van der Waals surface area contributed by atoms with E-state index in [2.05, 4.69) is 38.8 Å². The van der Waals surface area contributed by atoms with E-state index in [1.54, 1.807) is 6.20 Å². The number of aromatic nitrogens is 1. The molecule has 18 heavy (non-hydrogen) atoms. The van der Waals surface area contributed by atoms with Gasteiger partial charge in [0.05, 0.1) is 0 Å². The molecule has 0 aromatic carbocycles. The van der Waals surface area contributed by atoms with E-state index in [1.807, 2.05) is 18.2 Å². The SMILES string of the molecule is CC(C)(C)[Si](C)(C)OCC(=O)Sc1ccccn1. The van der Waals surface area contributed by atoms with E-state index in [-0.39, 0.29) is 16.8 Å². The van der Waals surface area contributed by atoms with E-state index >= 15 is 0 Å². The third-order valence-electron chi connectivity index (χ3n) is 3.21. The van der Waals surface area contributed by atoms with Crippen molar-refractivity contribution in [2.75, 3.05) is 6.61 Å². The van der Waals surface area contributed by atoms with Crippen molar-refractivity contribution >= 4 is 25.2 Å². The Kier molecular flexibility index (Phi) is 5.13. The van der Waals surface area contributed by atoms with Crippen molar-refractivity contribution in [1.29, 1.82) is 0 Å². The van der Waals surface area contributed by atoms with Gasteiger partial charge in [-0.2, -0.15) is 0 Å². The second-order valence-corrected chi connectivity index (χ2v) is 11.6. The molecular formula is C13H21NO2SSi. The van der Waals surface area contributed by atoms with Crippen LogP contribution in [0.25, 0.3) is 0 Å². The Hall–Kier alpha value is -0.653. The highest BCUT2D eigenvalue weighted by Crippen LogP contribution is 2.36. The van der Waals surface area contributed by atoms with Gasteiger partial charge in [-0.15, -0.1) is 0 Å². The fourth-order valence-electron chi connectivity index (χ4n) is 1.01. The van der Waals surface area contributed by atoms with Gasteiger partial charge in [-0.05, 0) is 42.0 Å². The lowest BCUT2D eigenvalue weighted by Gasteiger charge is -2.35. The van der Waals surface area contributed by atoms with Crippen molar-refractivity contribution in [2.45, 2.75) is 43.9 Å². The van der Waals surface area contributed by atoms with E-state index in [1.165, 1.54) is 0 Å². The summed E-state index contributed by atoms with van der Waals surface area (Å²) in [4.78, 5) is 15.9. The molecule has 0 unspecified atom stereocenters. The minimum absolute atomic E-state index is 0.0125. The molecule has 3 nitrogen and oxygen atoms in total. The Balaban J connectivity index is 2.48. The molecule has 0 aliphatic heterocycles. The standard InChI is InChI=1S/C13H21NO2SSi/c1-13(2,3)18(4,5)16-10-12(15)17-11-8-6-7-9-14-11/h6-9H,10H2,1-5H3. The zero-order valence-electron chi connectivity index (χ0n) is 11.7. The van der Waals surface area contributed by atoms with Crippen LogP contribution in [-0.4, -0.2) is 25.0 Å². The molecule has 1 rings (SSSR count). The van der Waals surface area contributed by atoms with E-state index < -0.39 is 8.32 Å². The predicted molar refractivity (Wildman–Crippen MR) is 78.3 cm³/mol. The van der Waals surface area contributed by atoms with Crippen molar-refractivity contribution in [1.82, 2.24) is 4.98 Å². The summed E-state index contributed by atoms with van der Waals surface area (Å²) in [7, 11) is -1.84. The number of carbonyl (C=O) groups is 1. The van der Waals surface area contributed by atoms with Gasteiger partial charge in [0.2, 0.25) is 5.12 Å². The molecule has 1 aromatic rings. The lowest BCUT2D eigenvalue weighted by atomic mass is 10.2. The summed E-state index contributed by atoms with van der Waals surface area (Å²) in [5.74, 6) is 0. The van der Waals surface area contributed by atoms with Gasteiger partial charge >= 0.3 is 0 Å². The molecule has 0 spiro atoms. The van der Waals surface area contributed by atoms with E-state index in [9.17, 15) is 4.79 Å². The van der Waals surface area contributed by atoms with Gasteiger partial charge in [-0.1, -0.05) is 26.8 Å². The minimum Gasteiger partial charge on any atom is -0.409 e. The summed E-state index contributed by atoms with van der Waals surface area (Å²) in [6.45, 7) is 10.9. The van der Waals surface area contributed by atoms with Gasteiger partial charge in [0.1, 0.15) is 11.6 Å². The third-order valence-corrected chi connectivity index (χ3v) is 8.49. The highest BCUT2D eigenvalue weighted by Gasteiger charge is 2.37. The Labute approximate surface area is 114 Å². The minimum atomic E-state index is -1.84. The Morgan fingerprint density at radius 1 is 1.39 bits per heavy atom. The number of thioether (sulfide) groups is 1. The average molecular weight is 283 g/mol. The highest BCUT2D eigenvalue weighted by molar-refractivity contribution is 8.13. The maximum absolute atomic E-state index is 11.8. The van der Waals surface area contributed by atoms with Crippen LogP contribution >= 0.6 is 11.8 Å². The van der Waals surface area contributed by atoms with E-state index in [4.69, 9.17) is 4.43 Å². The van der Waals surface area contributed by atoms with Crippen LogP contribution in [0.4, 0.5) is 0 Å². The van der Waals surface area contributed by atoms with Crippen molar-refractivity contribution in [3.05, 3.63) is 24.4 Å². The van der Waals surface area contributed by atoms with Gasteiger partial charge in [0.15, 0.2) is 8.32 Å². The molecule has 0 aliphatic carbocycles. The molecule has 100 valence electrons. The van der Waals surface area contributed by atoms with Crippen LogP contribution in [0.1, 0.15) is 20.8 Å². The number of nitrogens with zero attached hydrogens (tertiary/aromatic N) is 1. The van der Waals surface area contributed by atoms with E-state index in [0.29, 0.717) is 0 Å². The highest BCUT2D eigenvalue weighted by atomic mass is 32.2. The van der Waals surface area contributed by atoms with E-state index in [0.717, 1.165) is 16.8 Å². The first-order valence-corrected chi connectivity index (χ1v) is 9.70. The lowest BCUT2D eigenvalue weighted by molar-refractivity contribution is -0.113. The summed E-state index contributed by atoms with van der Waals surface area (Å²) in [6.07, 6.45) is 1.68. The fourth-order valence-corrected chi connectivity index (χ4v) is 2.65. The average Bonchev–Trinajstić information content (AvgIpc) is 2.26. The molecule has 0 aliphatic rings. The van der Waals surface area contributed by atoms with Crippen LogP contribution in [-0.2, 0) is 9.22 Å². The van der Waals surface area contributed by atoms with Crippen molar-refractivity contribution in [3.63, 3.8) is 0 Å². The van der Waals surface area contributed by atoms with Crippen LogP contribution in [0.2, 0.25) is 18.1 Å². The van der Waals surface area contributed by atoms with Crippen LogP contribution in [0.5, 0.6) is 0 Å². The van der Waals surface area contributed by atoms with Crippen LogP contribution in [0, 0.1) is 0 Å². The van der Waals surface area contributed by atoms with Gasteiger partial charge in [0, 0.05) is 6.20 Å². The molecule has 5 heteroatoms. The quantitative estimate of drug-likeness (QED) is 0.623. The summed E-state index contributed by atoms with van der Waals surface area (Å²) in [5, 5.41) is 0.864. The van der Waals surface area contributed by atoms with Crippen LogP contribution in [0.3, 0.4) is 0 Å². The van der Waals surface area contributed by atoms with Crippen molar-refractivity contribution in [3.8, 4) is 0 Å². The first kappa shape index (κ1) is 15.4. The first-order chi connectivity index (χ1) is 8.22. The van der Waals surface area contributed by atoms with Gasteiger partial charge < -0.3 is 4.43 Å². The largest absolute Gasteiger partial charge is 0.409 e. The Morgan fingerprint density at radius 3 is 2.56 bits per heavy atom. The summed E-state index contributed by atoms with van der Waals surface area (Å²) in [5.41, 5.74) is 0. The zero-order chi connectivity index (χ0) is 13.8. The monoisotopic (exact) mass is 283 g/mol. The summed E-state index contributed by atoms with van der Waals surface area (Å²) >= 11 is 1.14. The molecule has 1 heterocycles. The molecule has 0 radical (unpaired) electrons. The van der Waals surface area contributed by atoms with Gasteiger partial charge in [0.25, 0.3) is 0 Å². The molecule has 0 fully saturated rings. The molecule has 0 atom stereocenters. The van der Waals surface area contributed by atoms with Crippen molar-refractivity contribution in [2.24, 2.45) is 0 Å². The lowest BCUT2D eigenvalue weighted by Crippen LogP contribution is -2.41. The van der Waals surface area contributed by atoms with Gasteiger partial charge in [-0.3, -0.25) is 4.79 Å². The number of rotatable bonds is 4. The molecule has 0 N–H and O–H groups in total.